The predicted molar refractivity (Wildman–Crippen MR) is 106 cm³/mol. The quantitative estimate of drug-likeness (QED) is 0.759. The molecule has 26 heavy (non-hydrogen) atoms. The van der Waals surface area contributed by atoms with Gasteiger partial charge in [-0.15, -0.1) is 0 Å². The van der Waals surface area contributed by atoms with Gasteiger partial charge in [0.25, 0.3) is 0 Å². The van der Waals surface area contributed by atoms with Crippen LogP contribution >= 0.6 is 23.2 Å². The van der Waals surface area contributed by atoms with Crippen molar-refractivity contribution >= 4 is 29.1 Å². The molecule has 3 rings (SSSR count). The second-order valence-electron chi connectivity index (χ2n) is 6.86. The van der Waals surface area contributed by atoms with E-state index in [-0.39, 0.29) is 30.5 Å². The molecule has 1 N–H and O–H groups in total. The Hall–Kier alpha value is -1.55. The number of carbonyl (C=O) groups is 1. The summed E-state index contributed by atoms with van der Waals surface area (Å²) < 4.78 is 0. The second kappa shape index (κ2) is 8.43. The maximum absolute atomic E-state index is 12.8. The van der Waals surface area contributed by atoms with Gasteiger partial charge in [0.1, 0.15) is 0 Å². The molecular weight excluding hydrogens is 369 g/mol. The van der Waals surface area contributed by atoms with Crippen LogP contribution < -0.4 is 0 Å². The van der Waals surface area contributed by atoms with Gasteiger partial charge >= 0.3 is 0 Å². The van der Waals surface area contributed by atoms with Crippen LogP contribution in [0.5, 0.6) is 0 Å². The van der Waals surface area contributed by atoms with Crippen molar-refractivity contribution in [3.63, 3.8) is 0 Å². The molecule has 0 aromatic heterocycles. The highest BCUT2D eigenvalue weighted by molar-refractivity contribution is 6.30. The fourth-order valence-corrected chi connectivity index (χ4v) is 4.22. The van der Waals surface area contributed by atoms with Gasteiger partial charge in [-0.3, -0.25) is 4.79 Å². The summed E-state index contributed by atoms with van der Waals surface area (Å²) in [6.45, 7) is 2.05. The number of amides is 1. The molecular formula is C21H23Cl2NO2. The van der Waals surface area contributed by atoms with Gasteiger partial charge in [0.15, 0.2) is 0 Å². The fourth-order valence-electron chi connectivity index (χ4n) is 3.90. The Bertz CT molecular complexity index is 763. The normalized spacial score (nSPS) is 21.7. The van der Waals surface area contributed by atoms with Crippen molar-refractivity contribution in [2.75, 3.05) is 6.61 Å². The highest BCUT2D eigenvalue weighted by Crippen LogP contribution is 2.44. The molecule has 2 aromatic carbocycles. The van der Waals surface area contributed by atoms with Crippen LogP contribution in [-0.4, -0.2) is 28.6 Å². The zero-order valence-electron chi connectivity index (χ0n) is 14.7. The van der Waals surface area contributed by atoms with Crippen molar-refractivity contribution in [3.05, 3.63) is 69.7 Å². The van der Waals surface area contributed by atoms with Crippen LogP contribution in [-0.2, 0) is 4.79 Å². The summed E-state index contributed by atoms with van der Waals surface area (Å²) in [7, 11) is 0. The highest BCUT2D eigenvalue weighted by Gasteiger charge is 2.39. The molecule has 1 aliphatic heterocycles. The lowest BCUT2D eigenvalue weighted by Gasteiger charge is -2.45. The van der Waals surface area contributed by atoms with Gasteiger partial charge in [-0.05, 0) is 55.2 Å². The number of hydrogen-bond donors (Lipinski definition) is 1. The van der Waals surface area contributed by atoms with Gasteiger partial charge in [-0.25, -0.2) is 0 Å². The standard InChI is InChI=1S/C21H23Cl2NO2/c1-14(11-12-25)24-20(26)10-9-19(16-3-2-4-18(23)13-16)21(24)15-5-7-17(22)8-6-15/h2-8,13-14,19,21,25H,9-12H2,1H3/t14-,19+,21+/m0/s1. The summed E-state index contributed by atoms with van der Waals surface area (Å²) in [5.41, 5.74) is 2.18. The van der Waals surface area contributed by atoms with E-state index >= 15 is 0 Å². The zero-order valence-corrected chi connectivity index (χ0v) is 16.2. The van der Waals surface area contributed by atoms with Crippen LogP contribution in [0, 0.1) is 0 Å². The van der Waals surface area contributed by atoms with Crippen molar-refractivity contribution < 1.29 is 9.90 Å². The summed E-state index contributed by atoms with van der Waals surface area (Å²) in [5, 5.41) is 10.8. The first-order valence-electron chi connectivity index (χ1n) is 8.94. The first kappa shape index (κ1) is 19.2. The van der Waals surface area contributed by atoms with Gasteiger partial charge < -0.3 is 10.0 Å². The highest BCUT2D eigenvalue weighted by atomic mass is 35.5. The minimum Gasteiger partial charge on any atom is -0.396 e. The van der Waals surface area contributed by atoms with Crippen LogP contribution in [0.25, 0.3) is 0 Å². The minimum absolute atomic E-state index is 0.0461. The van der Waals surface area contributed by atoms with E-state index in [1.54, 1.807) is 0 Å². The molecule has 1 amide bonds. The van der Waals surface area contributed by atoms with E-state index in [1.807, 2.05) is 54.3 Å². The van der Waals surface area contributed by atoms with E-state index in [4.69, 9.17) is 23.2 Å². The van der Waals surface area contributed by atoms with Crippen LogP contribution in [0.3, 0.4) is 0 Å². The fraction of sp³-hybridized carbons (Fsp3) is 0.381. The molecule has 1 saturated heterocycles. The summed E-state index contributed by atoms with van der Waals surface area (Å²) in [5.74, 6) is 0.276. The van der Waals surface area contributed by atoms with E-state index in [2.05, 4.69) is 6.07 Å². The molecule has 1 heterocycles. The third kappa shape index (κ3) is 4.06. The van der Waals surface area contributed by atoms with E-state index in [0.717, 1.165) is 17.5 Å². The average molecular weight is 392 g/mol. The van der Waals surface area contributed by atoms with Crippen molar-refractivity contribution in [2.24, 2.45) is 0 Å². The number of carbonyl (C=O) groups excluding carboxylic acids is 1. The summed E-state index contributed by atoms with van der Waals surface area (Å²) in [6.07, 6.45) is 1.82. The Balaban J connectivity index is 2.07. The van der Waals surface area contributed by atoms with Gasteiger partial charge in [0.2, 0.25) is 5.91 Å². The van der Waals surface area contributed by atoms with E-state index in [1.165, 1.54) is 0 Å². The van der Waals surface area contributed by atoms with Crippen molar-refractivity contribution in [1.29, 1.82) is 0 Å². The number of aliphatic hydroxyl groups excluding tert-OH is 1. The summed E-state index contributed by atoms with van der Waals surface area (Å²) in [6, 6.07) is 15.4. The predicted octanol–water partition coefficient (Wildman–Crippen LogP) is 5.21. The molecule has 0 saturated carbocycles. The molecule has 138 valence electrons. The topological polar surface area (TPSA) is 40.5 Å². The Kier molecular flexibility index (Phi) is 6.23. The average Bonchev–Trinajstić information content (AvgIpc) is 2.62. The van der Waals surface area contributed by atoms with Gasteiger partial charge in [0.05, 0.1) is 6.04 Å². The molecule has 0 unspecified atom stereocenters. The lowest BCUT2D eigenvalue weighted by Crippen LogP contribution is -2.47. The molecule has 0 radical (unpaired) electrons. The number of rotatable bonds is 5. The molecule has 1 fully saturated rings. The first-order valence-corrected chi connectivity index (χ1v) is 9.70. The van der Waals surface area contributed by atoms with Gasteiger partial charge in [-0.2, -0.15) is 0 Å². The number of likely N-dealkylation sites (tertiary alicyclic amines) is 1. The Morgan fingerprint density at radius 1 is 1.12 bits per heavy atom. The van der Waals surface area contributed by atoms with Crippen LogP contribution in [0.15, 0.2) is 48.5 Å². The van der Waals surface area contributed by atoms with Crippen LogP contribution in [0.4, 0.5) is 0 Å². The van der Waals surface area contributed by atoms with Crippen molar-refractivity contribution in [3.8, 4) is 0 Å². The molecule has 0 bridgehead atoms. The SMILES string of the molecule is C[C@@H](CCO)N1C(=O)CC[C@H](c2cccc(Cl)c2)[C@H]1c1ccc(Cl)cc1. The first-order chi connectivity index (χ1) is 12.5. The zero-order chi connectivity index (χ0) is 18.7. The minimum atomic E-state index is -0.103. The third-order valence-electron chi connectivity index (χ3n) is 5.15. The molecule has 2 aromatic rings. The number of aliphatic hydroxyl groups is 1. The summed E-state index contributed by atoms with van der Waals surface area (Å²) >= 11 is 12.3. The number of hydrogen-bond acceptors (Lipinski definition) is 2. The Labute approximate surface area is 164 Å². The molecule has 3 atom stereocenters. The second-order valence-corrected chi connectivity index (χ2v) is 7.73. The lowest BCUT2D eigenvalue weighted by molar-refractivity contribution is -0.140. The lowest BCUT2D eigenvalue weighted by atomic mass is 9.79. The number of nitrogens with zero attached hydrogens (tertiary/aromatic N) is 1. The monoisotopic (exact) mass is 391 g/mol. The maximum Gasteiger partial charge on any atom is 0.223 e. The molecule has 5 heteroatoms. The smallest absolute Gasteiger partial charge is 0.223 e. The van der Waals surface area contributed by atoms with Crippen molar-refractivity contribution in [1.82, 2.24) is 4.90 Å². The Morgan fingerprint density at radius 2 is 1.85 bits per heavy atom. The third-order valence-corrected chi connectivity index (χ3v) is 5.64. The van der Waals surface area contributed by atoms with Crippen LogP contribution in [0.2, 0.25) is 10.0 Å². The van der Waals surface area contributed by atoms with Gasteiger partial charge in [0, 0.05) is 35.0 Å². The molecule has 1 aliphatic rings. The summed E-state index contributed by atoms with van der Waals surface area (Å²) in [4.78, 5) is 14.7. The maximum atomic E-state index is 12.8. The molecule has 0 aliphatic carbocycles. The van der Waals surface area contributed by atoms with E-state index in [9.17, 15) is 9.90 Å². The van der Waals surface area contributed by atoms with E-state index in [0.29, 0.717) is 22.9 Å². The number of benzene rings is 2. The van der Waals surface area contributed by atoms with Crippen LogP contribution in [0.1, 0.15) is 49.3 Å². The number of halogens is 2. The van der Waals surface area contributed by atoms with Gasteiger partial charge in [-0.1, -0.05) is 47.5 Å². The van der Waals surface area contributed by atoms with Crippen molar-refractivity contribution in [2.45, 2.75) is 44.2 Å². The molecule has 3 nitrogen and oxygen atoms in total. The molecule has 0 spiro atoms. The number of piperidine rings is 1. The Morgan fingerprint density at radius 3 is 2.50 bits per heavy atom. The van der Waals surface area contributed by atoms with E-state index < -0.39 is 0 Å². The largest absolute Gasteiger partial charge is 0.396 e.